The van der Waals surface area contributed by atoms with Gasteiger partial charge in [-0.2, -0.15) is 0 Å². The molecule has 3 heterocycles. The van der Waals surface area contributed by atoms with Gasteiger partial charge in [0.25, 0.3) is 0 Å². The minimum absolute atomic E-state index is 0.156. The Morgan fingerprint density at radius 2 is 2.00 bits per heavy atom. The minimum atomic E-state index is -0.161. The van der Waals surface area contributed by atoms with Gasteiger partial charge >= 0.3 is 6.03 Å². The number of amides is 2. The second kappa shape index (κ2) is 7.33. The van der Waals surface area contributed by atoms with Crippen molar-refractivity contribution in [2.45, 2.75) is 38.8 Å². The summed E-state index contributed by atoms with van der Waals surface area (Å²) in [6.07, 6.45) is 5.25. The number of aryl methyl sites for hydroxylation is 1. The lowest BCUT2D eigenvalue weighted by atomic mass is 10.1. The van der Waals surface area contributed by atoms with E-state index in [0.717, 1.165) is 43.4 Å². The van der Waals surface area contributed by atoms with Gasteiger partial charge in [-0.05, 0) is 44.9 Å². The second-order valence-electron chi connectivity index (χ2n) is 6.10. The molecule has 3 rings (SSSR count). The molecule has 24 heavy (non-hydrogen) atoms. The number of urea groups is 1. The molecule has 1 aliphatic rings. The van der Waals surface area contributed by atoms with Crippen LogP contribution in [0, 0.1) is 6.92 Å². The quantitative estimate of drug-likeness (QED) is 0.900. The number of rotatable bonds is 4. The summed E-state index contributed by atoms with van der Waals surface area (Å²) in [6.45, 7) is 5.47. The van der Waals surface area contributed by atoms with E-state index >= 15 is 0 Å². The van der Waals surface area contributed by atoms with E-state index in [9.17, 15) is 4.79 Å². The Hall–Kier alpha value is -2.57. The number of hydrogen-bond donors (Lipinski definition) is 2. The van der Waals surface area contributed by atoms with Gasteiger partial charge in [0.05, 0.1) is 6.04 Å². The summed E-state index contributed by atoms with van der Waals surface area (Å²) in [6, 6.07) is 5.44. The van der Waals surface area contributed by atoms with Crippen LogP contribution >= 0.6 is 0 Å². The average Bonchev–Trinajstić information content (AvgIpc) is 3.03. The van der Waals surface area contributed by atoms with Crippen LogP contribution < -0.4 is 15.5 Å². The fourth-order valence-electron chi connectivity index (χ4n) is 2.86. The Morgan fingerprint density at radius 3 is 2.62 bits per heavy atom. The number of carbonyl (C=O) groups is 1. The van der Waals surface area contributed by atoms with Crippen molar-refractivity contribution in [2.75, 3.05) is 18.0 Å². The van der Waals surface area contributed by atoms with Gasteiger partial charge in [-0.25, -0.2) is 14.8 Å². The largest absolute Gasteiger partial charge is 0.464 e. The summed E-state index contributed by atoms with van der Waals surface area (Å²) in [7, 11) is 0. The molecule has 2 aromatic heterocycles. The molecule has 0 saturated carbocycles. The third-order valence-corrected chi connectivity index (χ3v) is 4.20. The molecule has 0 spiro atoms. The van der Waals surface area contributed by atoms with E-state index in [1.807, 2.05) is 32.0 Å². The van der Waals surface area contributed by atoms with Gasteiger partial charge in [0.1, 0.15) is 11.5 Å². The smallest absolute Gasteiger partial charge is 0.315 e. The number of hydrogen-bond acceptors (Lipinski definition) is 5. The van der Waals surface area contributed by atoms with Crippen LogP contribution in [-0.4, -0.2) is 35.1 Å². The third kappa shape index (κ3) is 4.04. The first-order valence-corrected chi connectivity index (χ1v) is 8.27. The summed E-state index contributed by atoms with van der Waals surface area (Å²) < 4.78 is 5.54. The molecule has 2 N–H and O–H groups in total. The van der Waals surface area contributed by atoms with Crippen LogP contribution in [0.3, 0.4) is 0 Å². The standard InChI is InChI=1S/C17H23N5O2/c1-12-4-5-15(24-12)13(2)20-17(23)21-14-6-10-22(11-7-14)16-18-8-3-9-19-16/h3-5,8-9,13-14H,6-7,10-11H2,1-2H3,(H2,20,21,23)/t13-/m1/s1. The summed E-state index contributed by atoms with van der Waals surface area (Å²) in [5.41, 5.74) is 0. The monoisotopic (exact) mass is 329 g/mol. The summed E-state index contributed by atoms with van der Waals surface area (Å²) in [4.78, 5) is 22.8. The van der Waals surface area contributed by atoms with Crippen LogP contribution in [0.25, 0.3) is 0 Å². The van der Waals surface area contributed by atoms with Crippen LogP contribution in [0.4, 0.5) is 10.7 Å². The van der Waals surface area contributed by atoms with Crippen molar-refractivity contribution in [3.63, 3.8) is 0 Å². The molecule has 1 atom stereocenters. The second-order valence-corrected chi connectivity index (χ2v) is 6.10. The first kappa shape index (κ1) is 16.3. The van der Waals surface area contributed by atoms with Gasteiger partial charge in [0, 0.05) is 31.5 Å². The first-order valence-electron chi connectivity index (χ1n) is 8.27. The molecular formula is C17H23N5O2. The molecule has 0 aliphatic carbocycles. The van der Waals surface area contributed by atoms with E-state index < -0.39 is 0 Å². The van der Waals surface area contributed by atoms with Gasteiger partial charge in [-0.3, -0.25) is 0 Å². The van der Waals surface area contributed by atoms with Crippen LogP contribution in [0.15, 0.2) is 35.0 Å². The SMILES string of the molecule is Cc1ccc([C@@H](C)NC(=O)NC2CCN(c3ncccn3)CC2)o1. The highest BCUT2D eigenvalue weighted by atomic mass is 16.3. The maximum absolute atomic E-state index is 12.2. The molecule has 7 heteroatoms. The van der Waals surface area contributed by atoms with Gasteiger partial charge in [0.2, 0.25) is 5.95 Å². The van der Waals surface area contributed by atoms with Crippen molar-refractivity contribution in [3.05, 3.63) is 42.1 Å². The average molecular weight is 329 g/mol. The molecular weight excluding hydrogens is 306 g/mol. The Kier molecular flexibility index (Phi) is 4.98. The lowest BCUT2D eigenvalue weighted by Crippen LogP contribution is -2.48. The van der Waals surface area contributed by atoms with Crippen molar-refractivity contribution < 1.29 is 9.21 Å². The summed E-state index contributed by atoms with van der Waals surface area (Å²) in [5, 5.41) is 5.96. The van der Waals surface area contributed by atoms with E-state index in [4.69, 9.17) is 4.42 Å². The van der Waals surface area contributed by atoms with Gasteiger partial charge < -0.3 is 20.0 Å². The van der Waals surface area contributed by atoms with E-state index in [1.165, 1.54) is 0 Å². The number of anilines is 1. The third-order valence-electron chi connectivity index (χ3n) is 4.20. The van der Waals surface area contributed by atoms with Gasteiger partial charge in [-0.15, -0.1) is 0 Å². The van der Waals surface area contributed by atoms with Crippen LogP contribution in [-0.2, 0) is 0 Å². The van der Waals surface area contributed by atoms with Crippen LogP contribution in [0.5, 0.6) is 0 Å². The summed E-state index contributed by atoms with van der Waals surface area (Å²) in [5.74, 6) is 2.36. The molecule has 1 aliphatic heterocycles. The number of aromatic nitrogens is 2. The zero-order chi connectivity index (χ0) is 16.9. The number of piperidine rings is 1. The Bertz CT molecular complexity index is 665. The van der Waals surface area contributed by atoms with E-state index in [0.29, 0.717) is 0 Å². The minimum Gasteiger partial charge on any atom is -0.464 e. The summed E-state index contributed by atoms with van der Waals surface area (Å²) >= 11 is 0. The van der Waals surface area contributed by atoms with Gasteiger partial charge in [0.15, 0.2) is 0 Å². The van der Waals surface area contributed by atoms with Crippen LogP contribution in [0.1, 0.15) is 37.3 Å². The highest BCUT2D eigenvalue weighted by molar-refractivity contribution is 5.74. The fraction of sp³-hybridized carbons (Fsp3) is 0.471. The number of nitrogens with zero attached hydrogens (tertiary/aromatic N) is 3. The van der Waals surface area contributed by atoms with Crippen molar-refractivity contribution >= 4 is 12.0 Å². The number of carbonyl (C=O) groups excluding carboxylic acids is 1. The maximum Gasteiger partial charge on any atom is 0.315 e. The highest BCUT2D eigenvalue weighted by Gasteiger charge is 2.23. The molecule has 128 valence electrons. The topological polar surface area (TPSA) is 83.3 Å². The molecule has 0 unspecified atom stereocenters. The predicted octanol–water partition coefficient (Wildman–Crippen LogP) is 2.41. The lowest BCUT2D eigenvalue weighted by Gasteiger charge is -2.32. The molecule has 1 saturated heterocycles. The molecule has 7 nitrogen and oxygen atoms in total. The highest BCUT2D eigenvalue weighted by Crippen LogP contribution is 2.17. The Morgan fingerprint density at radius 1 is 1.29 bits per heavy atom. The fourth-order valence-corrected chi connectivity index (χ4v) is 2.86. The number of furan rings is 1. The normalized spacial score (nSPS) is 16.7. The van der Waals surface area contributed by atoms with Crippen LogP contribution in [0.2, 0.25) is 0 Å². The van der Waals surface area contributed by atoms with Crippen molar-refractivity contribution in [1.82, 2.24) is 20.6 Å². The van der Waals surface area contributed by atoms with Crippen molar-refractivity contribution in [2.24, 2.45) is 0 Å². The van der Waals surface area contributed by atoms with Crippen molar-refractivity contribution in [1.29, 1.82) is 0 Å². The van der Waals surface area contributed by atoms with E-state index in [-0.39, 0.29) is 18.1 Å². The zero-order valence-electron chi connectivity index (χ0n) is 14.0. The molecule has 0 radical (unpaired) electrons. The lowest BCUT2D eigenvalue weighted by molar-refractivity contribution is 0.229. The number of nitrogens with one attached hydrogen (secondary N) is 2. The van der Waals surface area contributed by atoms with E-state index in [1.54, 1.807) is 12.4 Å². The molecule has 0 aromatic carbocycles. The predicted molar refractivity (Wildman–Crippen MR) is 90.8 cm³/mol. The Labute approximate surface area is 141 Å². The molecule has 1 fully saturated rings. The zero-order valence-corrected chi connectivity index (χ0v) is 14.0. The molecule has 0 bridgehead atoms. The molecule has 2 amide bonds. The van der Waals surface area contributed by atoms with E-state index in [2.05, 4.69) is 25.5 Å². The molecule has 2 aromatic rings. The first-order chi connectivity index (χ1) is 11.6. The van der Waals surface area contributed by atoms with Gasteiger partial charge in [-0.1, -0.05) is 0 Å². The maximum atomic E-state index is 12.2. The Balaban J connectivity index is 1.45. The van der Waals surface area contributed by atoms with Crippen molar-refractivity contribution in [3.8, 4) is 0 Å².